The molecule has 3 aromatic rings. The van der Waals surface area contributed by atoms with Crippen LogP contribution >= 0.6 is 0 Å². The minimum absolute atomic E-state index is 0.199. The molecule has 0 aliphatic heterocycles. The number of carbonyl (C=O) groups is 1. The van der Waals surface area contributed by atoms with E-state index >= 15 is 0 Å². The lowest BCUT2D eigenvalue weighted by atomic mass is 10.1. The second-order valence-corrected chi connectivity index (χ2v) is 7.02. The van der Waals surface area contributed by atoms with E-state index in [4.69, 9.17) is 9.47 Å². The molecule has 1 heterocycles. The molecule has 150 valence electrons. The Morgan fingerprint density at radius 1 is 1.07 bits per heavy atom. The molecular formula is C24H26N2O3. The first-order chi connectivity index (χ1) is 14.0. The van der Waals surface area contributed by atoms with Crippen molar-refractivity contribution in [3.63, 3.8) is 0 Å². The molecule has 0 spiro atoms. The molecule has 0 fully saturated rings. The zero-order valence-corrected chi connectivity index (χ0v) is 17.3. The normalized spacial score (nSPS) is 11.0. The van der Waals surface area contributed by atoms with E-state index in [-0.39, 0.29) is 6.61 Å². The van der Waals surface area contributed by atoms with Gasteiger partial charge in [0.25, 0.3) is 0 Å². The second kappa shape index (κ2) is 9.24. The lowest BCUT2D eigenvalue weighted by Gasteiger charge is -2.06. The van der Waals surface area contributed by atoms with Crippen LogP contribution in [0.25, 0.3) is 6.08 Å². The van der Waals surface area contributed by atoms with Gasteiger partial charge >= 0.3 is 5.97 Å². The Bertz CT molecular complexity index is 1020. The van der Waals surface area contributed by atoms with E-state index in [2.05, 4.69) is 36.3 Å². The Labute approximate surface area is 171 Å². The molecule has 0 aliphatic rings. The maximum Gasteiger partial charge on any atom is 0.331 e. The largest absolute Gasteiger partial charge is 0.497 e. The summed E-state index contributed by atoms with van der Waals surface area (Å²) in [6.07, 6.45) is 3.23. The fourth-order valence-corrected chi connectivity index (χ4v) is 3.09. The molecule has 1 aromatic heterocycles. The molecule has 0 atom stereocenters. The van der Waals surface area contributed by atoms with E-state index in [1.165, 1.54) is 17.2 Å². The molecule has 0 N–H and O–H groups in total. The fourth-order valence-electron chi connectivity index (χ4n) is 3.09. The van der Waals surface area contributed by atoms with Crippen molar-refractivity contribution < 1.29 is 14.3 Å². The number of rotatable bonds is 7. The van der Waals surface area contributed by atoms with Crippen molar-refractivity contribution in [3.8, 4) is 5.75 Å². The number of aryl methyl sites for hydroxylation is 2. The van der Waals surface area contributed by atoms with Crippen LogP contribution in [0.4, 0.5) is 0 Å². The molecule has 5 nitrogen and oxygen atoms in total. The quantitative estimate of drug-likeness (QED) is 0.436. The fraction of sp³-hybridized carbons (Fsp3) is 0.250. The number of ether oxygens (including phenoxy) is 2. The van der Waals surface area contributed by atoms with Crippen LogP contribution < -0.4 is 4.74 Å². The first-order valence-electron chi connectivity index (χ1n) is 9.53. The van der Waals surface area contributed by atoms with Crippen LogP contribution in [0.15, 0.2) is 54.6 Å². The third-order valence-corrected chi connectivity index (χ3v) is 4.79. The monoisotopic (exact) mass is 390 g/mol. The summed E-state index contributed by atoms with van der Waals surface area (Å²) in [6, 6.07) is 15.9. The number of benzene rings is 2. The Balaban J connectivity index is 1.64. The van der Waals surface area contributed by atoms with Gasteiger partial charge in [-0.3, -0.25) is 4.68 Å². The molecule has 0 aliphatic carbocycles. The van der Waals surface area contributed by atoms with Crippen molar-refractivity contribution in [2.24, 2.45) is 0 Å². The van der Waals surface area contributed by atoms with Gasteiger partial charge in [0.15, 0.2) is 0 Å². The third kappa shape index (κ3) is 5.35. The predicted molar refractivity (Wildman–Crippen MR) is 114 cm³/mol. The smallest absolute Gasteiger partial charge is 0.331 e. The van der Waals surface area contributed by atoms with Gasteiger partial charge in [-0.1, -0.05) is 42.0 Å². The van der Waals surface area contributed by atoms with Crippen LogP contribution in [0.3, 0.4) is 0 Å². The Morgan fingerprint density at radius 2 is 1.83 bits per heavy atom. The van der Waals surface area contributed by atoms with Crippen LogP contribution in [-0.4, -0.2) is 22.9 Å². The average molecular weight is 390 g/mol. The van der Waals surface area contributed by atoms with Crippen molar-refractivity contribution in [2.45, 2.75) is 33.9 Å². The van der Waals surface area contributed by atoms with Crippen molar-refractivity contribution in [3.05, 3.63) is 88.2 Å². The van der Waals surface area contributed by atoms with Crippen LogP contribution in [0.1, 0.15) is 33.6 Å². The zero-order valence-electron chi connectivity index (χ0n) is 17.3. The highest BCUT2D eigenvalue weighted by Crippen LogP contribution is 2.17. The highest BCUT2D eigenvalue weighted by Gasteiger charge is 2.10. The zero-order chi connectivity index (χ0) is 20.8. The summed E-state index contributed by atoms with van der Waals surface area (Å²) in [7, 11) is 1.61. The Morgan fingerprint density at radius 3 is 2.55 bits per heavy atom. The summed E-state index contributed by atoms with van der Waals surface area (Å²) in [5.74, 6) is 0.347. The van der Waals surface area contributed by atoms with Crippen molar-refractivity contribution in [1.82, 2.24) is 9.78 Å². The summed E-state index contributed by atoms with van der Waals surface area (Å²) in [5.41, 5.74) is 6.14. The maximum absolute atomic E-state index is 12.1. The molecule has 5 heteroatoms. The molecule has 2 aromatic carbocycles. The van der Waals surface area contributed by atoms with Gasteiger partial charge in [-0.25, -0.2) is 4.79 Å². The SMILES string of the molecule is COc1cccc(COC(=O)C=Cc2c(C)nn(Cc3ccc(C)cc3)c2C)c1. The number of hydrogen-bond acceptors (Lipinski definition) is 4. The lowest BCUT2D eigenvalue weighted by molar-refractivity contribution is -0.138. The second-order valence-electron chi connectivity index (χ2n) is 7.02. The summed E-state index contributed by atoms with van der Waals surface area (Å²) in [6.45, 7) is 6.92. The number of methoxy groups -OCH3 is 1. The van der Waals surface area contributed by atoms with Gasteiger partial charge in [-0.15, -0.1) is 0 Å². The van der Waals surface area contributed by atoms with Gasteiger partial charge in [0.2, 0.25) is 0 Å². The standard InChI is InChI=1S/C24H26N2O3/c1-17-8-10-20(11-9-17)15-26-19(3)23(18(2)25-26)12-13-24(27)29-16-21-6-5-7-22(14-21)28-4/h5-14H,15-16H2,1-4H3. The van der Waals surface area contributed by atoms with Crippen LogP contribution in [-0.2, 0) is 22.7 Å². The molecule has 0 unspecified atom stereocenters. The van der Waals surface area contributed by atoms with Crippen molar-refractivity contribution in [1.29, 1.82) is 0 Å². The highest BCUT2D eigenvalue weighted by molar-refractivity contribution is 5.87. The van der Waals surface area contributed by atoms with Gasteiger partial charge in [0.1, 0.15) is 12.4 Å². The number of esters is 1. The van der Waals surface area contributed by atoms with E-state index in [1.807, 2.05) is 42.8 Å². The van der Waals surface area contributed by atoms with E-state index in [9.17, 15) is 4.79 Å². The van der Waals surface area contributed by atoms with Gasteiger partial charge < -0.3 is 9.47 Å². The molecule has 3 rings (SSSR count). The van der Waals surface area contributed by atoms with Crippen LogP contribution in [0, 0.1) is 20.8 Å². The number of carbonyl (C=O) groups excluding carboxylic acids is 1. The number of hydrogen-bond donors (Lipinski definition) is 0. The number of nitrogens with zero attached hydrogens (tertiary/aromatic N) is 2. The first kappa shape index (κ1) is 20.4. The van der Waals surface area contributed by atoms with Crippen LogP contribution in [0.5, 0.6) is 5.75 Å². The average Bonchev–Trinajstić information content (AvgIpc) is 2.99. The molecule has 0 radical (unpaired) electrons. The Kier molecular flexibility index (Phi) is 6.50. The van der Waals surface area contributed by atoms with Gasteiger partial charge in [0, 0.05) is 17.3 Å². The van der Waals surface area contributed by atoms with Crippen molar-refractivity contribution in [2.75, 3.05) is 7.11 Å². The third-order valence-electron chi connectivity index (χ3n) is 4.79. The Hall–Kier alpha value is -3.34. The van der Waals surface area contributed by atoms with Crippen molar-refractivity contribution >= 4 is 12.0 Å². The topological polar surface area (TPSA) is 53.4 Å². The number of aromatic nitrogens is 2. The van der Waals surface area contributed by atoms with E-state index in [0.29, 0.717) is 6.54 Å². The minimum atomic E-state index is -0.391. The molecule has 0 saturated carbocycles. The van der Waals surface area contributed by atoms with Gasteiger partial charge in [-0.2, -0.15) is 5.10 Å². The predicted octanol–water partition coefficient (Wildman–Crippen LogP) is 4.62. The minimum Gasteiger partial charge on any atom is -0.497 e. The summed E-state index contributed by atoms with van der Waals surface area (Å²) in [5, 5.41) is 4.62. The van der Waals surface area contributed by atoms with E-state index in [1.54, 1.807) is 13.2 Å². The molecule has 0 saturated heterocycles. The highest BCUT2D eigenvalue weighted by atomic mass is 16.5. The molecular weight excluding hydrogens is 364 g/mol. The summed E-state index contributed by atoms with van der Waals surface area (Å²) in [4.78, 5) is 12.1. The van der Waals surface area contributed by atoms with E-state index < -0.39 is 5.97 Å². The first-order valence-corrected chi connectivity index (χ1v) is 9.53. The molecule has 29 heavy (non-hydrogen) atoms. The summed E-state index contributed by atoms with van der Waals surface area (Å²) < 4.78 is 12.5. The van der Waals surface area contributed by atoms with E-state index in [0.717, 1.165) is 28.3 Å². The lowest BCUT2D eigenvalue weighted by Crippen LogP contribution is -2.04. The van der Waals surface area contributed by atoms with Gasteiger partial charge in [-0.05, 0) is 50.1 Å². The van der Waals surface area contributed by atoms with Gasteiger partial charge in [0.05, 0.1) is 19.3 Å². The summed E-state index contributed by atoms with van der Waals surface area (Å²) >= 11 is 0. The maximum atomic E-state index is 12.1. The van der Waals surface area contributed by atoms with Crippen LogP contribution in [0.2, 0.25) is 0 Å². The molecule has 0 bridgehead atoms. The molecule has 0 amide bonds.